The summed E-state index contributed by atoms with van der Waals surface area (Å²) >= 11 is 3.48. The van der Waals surface area contributed by atoms with Crippen LogP contribution in [0.4, 0.5) is 0 Å². The van der Waals surface area contributed by atoms with Gasteiger partial charge >= 0.3 is 0 Å². The third-order valence-corrected chi connectivity index (χ3v) is 4.58. The predicted octanol–water partition coefficient (Wildman–Crippen LogP) is 4.71. The Morgan fingerprint density at radius 1 is 1.11 bits per heavy atom. The number of hydrogen-bond acceptors (Lipinski definition) is 4. The Bertz CT molecular complexity index is 762. The van der Waals surface area contributed by atoms with Gasteiger partial charge in [-0.2, -0.15) is 0 Å². The van der Waals surface area contributed by atoms with Crippen molar-refractivity contribution in [1.82, 2.24) is 4.90 Å². The highest BCUT2D eigenvalue weighted by Gasteiger charge is 2.18. The summed E-state index contributed by atoms with van der Waals surface area (Å²) in [5, 5.41) is 0. The van der Waals surface area contributed by atoms with Gasteiger partial charge in [-0.05, 0) is 53.5 Å². The van der Waals surface area contributed by atoms with Crippen LogP contribution in [-0.2, 0) is 0 Å². The van der Waals surface area contributed by atoms with Crippen LogP contribution in [0.25, 0.3) is 0 Å². The van der Waals surface area contributed by atoms with Crippen LogP contribution in [0.15, 0.2) is 40.9 Å². The average molecular weight is 436 g/mol. The molecule has 0 aliphatic carbocycles. The molecule has 27 heavy (non-hydrogen) atoms. The first-order valence-corrected chi connectivity index (χ1v) is 9.70. The lowest BCUT2D eigenvalue weighted by Gasteiger charge is -2.19. The summed E-state index contributed by atoms with van der Waals surface area (Å²) in [4.78, 5) is 14.4. The van der Waals surface area contributed by atoms with Gasteiger partial charge in [-0.15, -0.1) is 0 Å². The fourth-order valence-corrected chi connectivity index (χ4v) is 3.00. The molecule has 2 rings (SSSR count). The summed E-state index contributed by atoms with van der Waals surface area (Å²) < 4.78 is 17.5. The molecule has 0 spiro atoms. The van der Waals surface area contributed by atoms with Gasteiger partial charge < -0.3 is 19.1 Å². The molecule has 6 heteroatoms. The van der Waals surface area contributed by atoms with Crippen molar-refractivity contribution < 1.29 is 19.0 Å². The Morgan fingerprint density at radius 2 is 1.81 bits per heavy atom. The maximum Gasteiger partial charge on any atom is 0.253 e. The first kappa shape index (κ1) is 21.1. The fourth-order valence-electron chi connectivity index (χ4n) is 2.44. The van der Waals surface area contributed by atoms with Crippen LogP contribution < -0.4 is 14.2 Å². The highest BCUT2D eigenvalue weighted by molar-refractivity contribution is 9.10. The van der Waals surface area contributed by atoms with Gasteiger partial charge in [-0.25, -0.2) is 0 Å². The molecule has 0 saturated carbocycles. The summed E-state index contributed by atoms with van der Waals surface area (Å²) in [5.41, 5.74) is 1.71. The number of hydrogen-bond donors (Lipinski definition) is 0. The van der Waals surface area contributed by atoms with Gasteiger partial charge in [-0.3, -0.25) is 4.79 Å². The zero-order chi connectivity index (χ0) is 19.8. The van der Waals surface area contributed by atoms with Gasteiger partial charge in [0.2, 0.25) is 0 Å². The number of benzene rings is 2. The van der Waals surface area contributed by atoms with Crippen LogP contribution in [0, 0.1) is 6.92 Å². The van der Waals surface area contributed by atoms with Crippen LogP contribution in [0.5, 0.6) is 17.2 Å². The fraction of sp³-hybridized carbons (Fsp3) is 0.381. The minimum Gasteiger partial charge on any atom is -0.493 e. The number of nitrogens with zero attached hydrogens (tertiary/aromatic N) is 1. The Balaban J connectivity index is 2.00. The molecular weight excluding hydrogens is 410 g/mol. The smallest absolute Gasteiger partial charge is 0.253 e. The van der Waals surface area contributed by atoms with E-state index in [0.717, 1.165) is 12.2 Å². The second-order valence-electron chi connectivity index (χ2n) is 6.23. The molecule has 0 unspecified atom stereocenters. The molecule has 0 aromatic heterocycles. The quantitative estimate of drug-likeness (QED) is 0.572. The first-order valence-electron chi connectivity index (χ1n) is 8.91. The van der Waals surface area contributed by atoms with Gasteiger partial charge in [0.05, 0.1) is 24.7 Å². The number of likely N-dealkylation sites (N-methyl/N-ethyl adjacent to an activating group) is 1. The molecule has 0 fully saturated rings. The summed E-state index contributed by atoms with van der Waals surface area (Å²) in [6.07, 6.45) is 0.889. The Hall–Kier alpha value is -2.21. The number of halogens is 1. The molecule has 5 nitrogen and oxygen atoms in total. The van der Waals surface area contributed by atoms with Crippen molar-refractivity contribution in [2.24, 2.45) is 0 Å². The maximum atomic E-state index is 12.7. The topological polar surface area (TPSA) is 48.0 Å². The molecular formula is C21H26BrNO4. The van der Waals surface area contributed by atoms with Gasteiger partial charge in [0, 0.05) is 12.6 Å². The van der Waals surface area contributed by atoms with E-state index < -0.39 is 0 Å². The van der Waals surface area contributed by atoms with E-state index in [1.165, 1.54) is 5.56 Å². The number of aryl methyl sites for hydroxylation is 1. The number of amides is 1. The van der Waals surface area contributed by atoms with Crippen molar-refractivity contribution in [1.29, 1.82) is 0 Å². The Kier molecular flexibility index (Phi) is 7.98. The van der Waals surface area contributed by atoms with Gasteiger partial charge in [0.1, 0.15) is 12.4 Å². The molecule has 146 valence electrons. The van der Waals surface area contributed by atoms with E-state index in [4.69, 9.17) is 14.2 Å². The summed E-state index contributed by atoms with van der Waals surface area (Å²) in [6, 6.07) is 11.3. The minimum atomic E-state index is -0.108. The molecule has 0 N–H and O–H groups in total. The second-order valence-corrected chi connectivity index (χ2v) is 7.08. The highest BCUT2D eigenvalue weighted by atomic mass is 79.9. The van der Waals surface area contributed by atoms with Gasteiger partial charge in [0.15, 0.2) is 11.5 Å². The molecule has 0 bridgehead atoms. The van der Waals surface area contributed by atoms with E-state index in [-0.39, 0.29) is 5.91 Å². The van der Waals surface area contributed by atoms with Crippen molar-refractivity contribution in [2.75, 3.05) is 33.9 Å². The van der Waals surface area contributed by atoms with Crippen molar-refractivity contribution >= 4 is 21.8 Å². The van der Waals surface area contributed by atoms with Gasteiger partial charge in [0.25, 0.3) is 5.91 Å². The van der Waals surface area contributed by atoms with Crippen LogP contribution in [-0.4, -0.2) is 44.7 Å². The molecule has 0 heterocycles. The molecule has 0 aliphatic rings. The Morgan fingerprint density at radius 3 is 2.44 bits per heavy atom. The maximum absolute atomic E-state index is 12.7. The van der Waals surface area contributed by atoms with Crippen LogP contribution in [0.1, 0.15) is 29.3 Å². The van der Waals surface area contributed by atoms with Crippen molar-refractivity contribution in [3.05, 3.63) is 52.0 Å². The summed E-state index contributed by atoms with van der Waals surface area (Å²) in [5.74, 6) is 1.83. The van der Waals surface area contributed by atoms with Crippen molar-refractivity contribution in [2.45, 2.75) is 20.3 Å². The van der Waals surface area contributed by atoms with E-state index >= 15 is 0 Å². The monoisotopic (exact) mass is 435 g/mol. The molecule has 0 saturated heterocycles. The first-order chi connectivity index (χ1) is 13.0. The molecule has 0 aliphatic heterocycles. The third-order valence-electron chi connectivity index (χ3n) is 3.99. The SMILES string of the molecule is CCCOc1c(Br)cc(C(=O)N(C)CCOc2ccc(C)cc2)cc1OC. The van der Waals surface area contributed by atoms with Crippen molar-refractivity contribution in [3.63, 3.8) is 0 Å². The minimum absolute atomic E-state index is 0.108. The predicted molar refractivity (Wildman–Crippen MR) is 110 cm³/mol. The molecule has 1 amide bonds. The zero-order valence-corrected chi connectivity index (χ0v) is 17.8. The number of carbonyl (C=O) groups is 1. The lowest BCUT2D eigenvalue weighted by molar-refractivity contribution is 0.0773. The molecule has 0 atom stereocenters. The normalized spacial score (nSPS) is 10.4. The number of carbonyl (C=O) groups excluding carboxylic acids is 1. The van der Waals surface area contributed by atoms with E-state index in [2.05, 4.69) is 15.9 Å². The van der Waals surface area contributed by atoms with Crippen LogP contribution in [0.3, 0.4) is 0 Å². The van der Waals surface area contributed by atoms with Crippen LogP contribution >= 0.6 is 15.9 Å². The number of ether oxygens (including phenoxy) is 3. The zero-order valence-electron chi connectivity index (χ0n) is 16.3. The average Bonchev–Trinajstić information content (AvgIpc) is 2.67. The van der Waals surface area contributed by atoms with E-state index in [0.29, 0.717) is 41.3 Å². The standard InChI is InChI=1S/C21H26BrNO4/c1-5-11-27-20-18(22)13-16(14-19(20)25-4)21(24)23(3)10-12-26-17-8-6-15(2)7-9-17/h6-9,13-14H,5,10-12H2,1-4H3. The third kappa shape index (κ3) is 5.89. The summed E-state index contributed by atoms with van der Waals surface area (Å²) in [7, 11) is 3.32. The molecule has 2 aromatic rings. The Labute approximate surface area is 169 Å². The summed E-state index contributed by atoms with van der Waals surface area (Å²) in [6.45, 7) is 5.54. The molecule has 0 radical (unpaired) electrons. The lowest BCUT2D eigenvalue weighted by Crippen LogP contribution is -2.31. The number of methoxy groups -OCH3 is 1. The van der Waals surface area contributed by atoms with E-state index in [1.54, 1.807) is 31.2 Å². The second kappa shape index (κ2) is 10.2. The van der Waals surface area contributed by atoms with Crippen molar-refractivity contribution in [3.8, 4) is 17.2 Å². The number of rotatable bonds is 9. The highest BCUT2D eigenvalue weighted by Crippen LogP contribution is 2.37. The van der Waals surface area contributed by atoms with E-state index in [9.17, 15) is 4.79 Å². The lowest BCUT2D eigenvalue weighted by atomic mass is 10.1. The van der Waals surface area contributed by atoms with Crippen LogP contribution in [0.2, 0.25) is 0 Å². The largest absolute Gasteiger partial charge is 0.493 e. The molecule has 2 aromatic carbocycles. The van der Waals surface area contributed by atoms with Gasteiger partial charge in [-0.1, -0.05) is 24.6 Å². The van der Waals surface area contributed by atoms with E-state index in [1.807, 2.05) is 38.1 Å².